The highest BCUT2D eigenvalue weighted by Crippen LogP contribution is 2.24. The van der Waals surface area contributed by atoms with Crippen molar-refractivity contribution >= 4 is 0 Å². The summed E-state index contributed by atoms with van der Waals surface area (Å²) in [6.45, 7) is 7.57. The van der Waals surface area contributed by atoms with Crippen LogP contribution in [0.5, 0.6) is 0 Å². The zero-order valence-corrected chi connectivity index (χ0v) is 9.12. The van der Waals surface area contributed by atoms with Gasteiger partial charge in [-0.05, 0) is 30.4 Å². The number of benzene rings is 1. The first-order valence-corrected chi connectivity index (χ1v) is 4.75. The molecular formula is C12H16F2. The Bertz CT molecular complexity index is 335. The summed E-state index contributed by atoms with van der Waals surface area (Å²) in [6.07, 6.45) is 0.625. The van der Waals surface area contributed by atoms with Gasteiger partial charge in [0.25, 0.3) is 0 Å². The van der Waals surface area contributed by atoms with Crippen LogP contribution in [0.3, 0.4) is 0 Å². The van der Waals surface area contributed by atoms with Crippen LogP contribution in [0.15, 0.2) is 12.1 Å². The molecule has 1 rings (SSSR count). The van der Waals surface area contributed by atoms with E-state index in [9.17, 15) is 8.78 Å². The average Bonchev–Trinajstić information content (AvgIpc) is 2.04. The highest BCUT2D eigenvalue weighted by Gasteiger charge is 2.16. The molecule has 0 amide bonds. The molecule has 0 aliphatic carbocycles. The lowest BCUT2D eigenvalue weighted by Crippen LogP contribution is -2.11. The molecule has 0 heterocycles. The third-order valence-corrected chi connectivity index (χ3v) is 2.12. The van der Waals surface area contributed by atoms with Crippen molar-refractivity contribution in [2.24, 2.45) is 5.41 Å². The van der Waals surface area contributed by atoms with Crippen molar-refractivity contribution < 1.29 is 8.78 Å². The first-order valence-electron chi connectivity index (χ1n) is 4.75. The molecule has 0 fully saturated rings. The quantitative estimate of drug-likeness (QED) is 0.642. The van der Waals surface area contributed by atoms with Crippen molar-refractivity contribution in [3.05, 3.63) is 34.9 Å². The van der Waals surface area contributed by atoms with E-state index in [-0.39, 0.29) is 11.0 Å². The van der Waals surface area contributed by atoms with Gasteiger partial charge >= 0.3 is 0 Å². The fourth-order valence-corrected chi connectivity index (χ4v) is 1.43. The molecule has 0 saturated carbocycles. The molecule has 14 heavy (non-hydrogen) atoms. The Morgan fingerprint density at radius 1 is 1.14 bits per heavy atom. The van der Waals surface area contributed by atoms with Crippen molar-refractivity contribution in [1.82, 2.24) is 0 Å². The van der Waals surface area contributed by atoms with E-state index < -0.39 is 11.6 Å². The normalized spacial score (nSPS) is 11.9. The Balaban J connectivity index is 3.06. The lowest BCUT2D eigenvalue weighted by atomic mass is 9.87. The van der Waals surface area contributed by atoms with E-state index in [2.05, 4.69) is 0 Å². The first-order chi connectivity index (χ1) is 6.31. The number of hydrogen-bond acceptors (Lipinski definition) is 0. The molecule has 0 nitrogen and oxygen atoms in total. The van der Waals surface area contributed by atoms with E-state index in [0.717, 1.165) is 0 Å². The molecule has 2 heteroatoms. The zero-order valence-electron chi connectivity index (χ0n) is 9.12. The first kappa shape index (κ1) is 11.2. The molecule has 0 aliphatic heterocycles. The van der Waals surface area contributed by atoms with Gasteiger partial charge in [-0.3, -0.25) is 0 Å². The van der Waals surface area contributed by atoms with Gasteiger partial charge in [-0.2, -0.15) is 0 Å². The molecule has 0 aliphatic rings. The smallest absolute Gasteiger partial charge is 0.132 e. The summed E-state index contributed by atoms with van der Waals surface area (Å²) in [5.41, 5.74) is 0.730. The molecule has 0 radical (unpaired) electrons. The molecule has 0 bridgehead atoms. The van der Waals surface area contributed by atoms with E-state index in [1.165, 1.54) is 19.1 Å². The summed E-state index contributed by atoms with van der Waals surface area (Å²) in [5.74, 6) is -0.875. The average molecular weight is 198 g/mol. The molecule has 0 spiro atoms. The van der Waals surface area contributed by atoms with Gasteiger partial charge in [0.05, 0.1) is 0 Å². The predicted octanol–water partition coefficient (Wildman–Crippen LogP) is 3.86. The number of rotatable bonds is 1. The van der Waals surface area contributed by atoms with Gasteiger partial charge in [0.15, 0.2) is 0 Å². The zero-order chi connectivity index (χ0) is 10.9. The standard InChI is InChI=1S/C12H16F2/c1-8-10(13)6-5-9(11(8)14)7-12(2,3)4/h5-6H,7H2,1-4H3. The van der Waals surface area contributed by atoms with E-state index in [1.54, 1.807) is 0 Å². The van der Waals surface area contributed by atoms with Gasteiger partial charge in [-0.15, -0.1) is 0 Å². The van der Waals surface area contributed by atoms with Crippen LogP contribution in [0.2, 0.25) is 0 Å². The SMILES string of the molecule is Cc1c(F)ccc(CC(C)(C)C)c1F. The van der Waals surface area contributed by atoms with E-state index in [1.807, 2.05) is 20.8 Å². The second-order valence-corrected chi connectivity index (χ2v) is 4.88. The summed E-state index contributed by atoms with van der Waals surface area (Å²) < 4.78 is 26.5. The fraction of sp³-hybridized carbons (Fsp3) is 0.500. The minimum Gasteiger partial charge on any atom is -0.207 e. The van der Waals surface area contributed by atoms with Crippen molar-refractivity contribution in [3.63, 3.8) is 0 Å². The molecule has 1 aromatic carbocycles. The number of hydrogen-bond donors (Lipinski definition) is 0. The summed E-state index contributed by atoms with van der Waals surface area (Å²) >= 11 is 0. The highest BCUT2D eigenvalue weighted by molar-refractivity contribution is 5.27. The summed E-state index contributed by atoms with van der Waals surface area (Å²) in [7, 11) is 0. The molecule has 0 atom stereocenters. The van der Waals surface area contributed by atoms with Crippen LogP contribution >= 0.6 is 0 Å². The monoisotopic (exact) mass is 198 g/mol. The van der Waals surface area contributed by atoms with Crippen molar-refractivity contribution in [1.29, 1.82) is 0 Å². The Morgan fingerprint density at radius 2 is 1.71 bits per heavy atom. The van der Waals surface area contributed by atoms with Gasteiger partial charge in [0.1, 0.15) is 11.6 Å². The van der Waals surface area contributed by atoms with Crippen LogP contribution in [0.25, 0.3) is 0 Å². The lowest BCUT2D eigenvalue weighted by Gasteiger charge is -2.19. The van der Waals surface area contributed by atoms with E-state index >= 15 is 0 Å². The van der Waals surface area contributed by atoms with Crippen molar-refractivity contribution in [2.45, 2.75) is 34.1 Å². The van der Waals surface area contributed by atoms with Crippen molar-refractivity contribution in [3.8, 4) is 0 Å². The van der Waals surface area contributed by atoms with Crippen LogP contribution in [0, 0.1) is 24.0 Å². The second-order valence-electron chi connectivity index (χ2n) is 4.88. The maximum Gasteiger partial charge on any atom is 0.132 e. The minimum atomic E-state index is -0.472. The third kappa shape index (κ3) is 2.53. The predicted molar refractivity (Wildman–Crippen MR) is 54.3 cm³/mol. The molecule has 0 aromatic heterocycles. The van der Waals surface area contributed by atoms with E-state index in [4.69, 9.17) is 0 Å². The summed E-state index contributed by atoms with van der Waals surface area (Å²) in [4.78, 5) is 0. The number of halogens is 2. The Hall–Kier alpha value is -0.920. The third-order valence-electron chi connectivity index (χ3n) is 2.12. The topological polar surface area (TPSA) is 0 Å². The Morgan fingerprint density at radius 3 is 2.21 bits per heavy atom. The van der Waals surface area contributed by atoms with Crippen LogP contribution in [0.1, 0.15) is 31.9 Å². The minimum absolute atomic E-state index is 0.0190. The van der Waals surface area contributed by atoms with Gasteiger partial charge in [0, 0.05) is 5.56 Å². The van der Waals surface area contributed by atoms with Crippen LogP contribution in [-0.2, 0) is 6.42 Å². The Kier molecular flexibility index (Phi) is 2.93. The summed E-state index contributed by atoms with van der Waals surface area (Å²) in [6, 6.07) is 2.86. The van der Waals surface area contributed by atoms with Crippen LogP contribution in [0.4, 0.5) is 8.78 Å². The molecule has 0 saturated heterocycles. The maximum absolute atomic E-state index is 13.6. The molecule has 0 N–H and O–H groups in total. The van der Waals surface area contributed by atoms with Gasteiger partial charge < -0.3 is 0 Å². The maximum atomic E-state index is 13.6. The molecule has 78 valence electrons. The van der Waals surface area contributed by atoms with Gasteiger partial charge in [-0.25, -0.2) is 8.78 Å². The molecule has 0 unspecified atom stereocenters. The van der Waals surface area contributed by atoms with Crippen LogP contribution in [-0.4, -0.2) is 0 Å². The van der Waals surface area contributed by atoms with E-state index in [0.29, 0.717) is 12.0 Å². The van der Waals surface area contributed by atoms with Gasteiger partial charge in [-0.1, -0.05) is 26.8 Å². The van der Waals surface area contributed by atoms with Crippen LogP contribution < -0.4 is 0 Å². The largest absolute Gasteiger partial charge is 0.207 e. The summed E-state index contributed by atoms with van der Waals surface area (Å²) in [5, 5.41) is 0. The van der Waals surface area contributed by atoms with Crippen molar-refractivity contribution in [2.75, 3.05) is 0 Å². The second kappa shape index (κ2) is 3.68. The Labute approximate surface area is 84.0 Å². The highest BCUT2D eigenvalue weighted by atomic mass is 19.1. The molecular weight excluding hydrogens is 182 g/mol. The van der Waals surface area contributed by atoms with Gasteiger partial charge in [0.2, 0.25) is 0 Å². The molecule has 1 aromatic rings. The fourth-order valence-electron chi connectivity index (χ4n) is 1.43. The lowest BCUT2D eigenvalue weighted by molar-refractivity contribution is 0.400.